The molecule has 28 heavy (non-hydrogen) atoms. The smallest absolute Gasteiger partial charge is 0.318 e. The van der Waals surface area contributed by atoms with Crippen LogP contribution in [0.25, 0.3) is 0 Å². The molecule has 148 valence electrons. The van der Waals surface area contributed by atoms with Crippen molar-refractivity contribution in [3.63, 3.8) is 0 Å². The molecule has 0 aliphatic heterocycles. The quantitative estimate of drug-likeness (QED) is 0.769. The summed E-state index contributed by atoms with van der Waals surface area (Å²) in [7, 11) is 1.61. The number of nitrogens with zero attached hydrogens (tertiary/aromatic N) is 1. The van der Waals surface area contributed by atoms with Crippen LogP contribution in [0.15, 0.2) is 40.8 Å². The minimum atomic E-state index is -0.133. The fourth-order valence-electron chi connectivity index (χ4n) is 3.56. The summed E-state index contributed by atoms with van der Waals surface area (Å²) in [6, 6.07) is 11.5. The summed E-state index contributed by atoms with van der Waals surface area (Å²) in [5.74, 6) is 3.01. The summed E-state index contributed by atoms with van der Waals surface area (Å²) in [5.41, 5.74) is 1.49. The first kappa shape index (κ1) is 18.6. The molecule has 1 aromatic carbocycles. The topological polar surface area (TPSA) is 74.6 Å². The van der Waals surface area contributed by atoms with E-state index in [4.69, 9.17) is 4.42 Å². The van der Waals surface area contributed by atoms with E-state index in [1.807, 2.05) is 23.1 Å². The van der Waals surface area contributed by atoms with Crippen molar-refractivity contribution in [2.45, 2.75) is 51.2 Å². The molecule has 2 aromatic rings. The van der Waals surface area contributed by atoms with Crippen LogP contribution in [0.2, 0.25) is 0 Å². The Morgan fingerprint density at radius 2 is 2.00 bits per heavy atom. The number of amides is 3. The number of rotatable bonds is 7. The predicted octanol–water partition coefficient (Wildman–Crippen LogP) is 3.64. The number of hydrogen-bond donors (Lipinski definition) is 2. The average Bonchev–Trinajstić information content (AvgIpc) is 3.63. The van der Waals surface area contributed by atoms with Crippen LogP contribution in [0.1, 0.15) is 59.5 Å². The number of hydrogen-bond acceptors (Lipinski definition) is 3. The summed E-state index contributed by atoms with van der Waals surface area (Å²) < 4.78 is 5.99. The van der Waals surface area contributed by atoms with Crippen molar-refractivity contribution >= 4 is 11.9 Å². The molecule has 2 saturated carbocycles. The lowest BCUT2D eigenvalue weighted by Crippen LogP contribution is -2.40. The van der Waals surface area contributed by atoms with Gasteiger partial charge in [-0.15, -0.1) is 0 Å². The van der Waals surface area contributed by atoms with Crippen LogP contribution in [0, 0.1) is 5.92 Å². The van der Waals surface area contributed by atoms with Crippen LogP contribution in [-0.2, 0) is 13.1 Å². The third-order valence-electron chi connectivity index (χ3n) is 5.59. The molecule has 2 aliphatic rings. The van der Waals surface area contributed by atoms with E-state index < -0.39 is 0 Å². The molecule has 2 fully saturated rings. The molecule has 1 heterocycles. The van der Waals surface area contributed by atoms with Crippen molar-refractivity contribution in [2.75, 3.05) is 7.05 Å². The molecule has 0 spiro atoms. The van der Waals surface area contributed by atoms with E-state index in [0.717, 1.165) is 29.9 Å². The first-order chi connectivity index (χ1) is 13.5. The fourth-order valence-corrected chi connectivity index (χ4v) is 3.56. The maximum atomic E-state index is 12.8. The van der Waals surface area contributed by atoms with Crippen LogP contribution in [0.4, 0.5) is 4.79 Å². The van der Waals surface area contributed by atoms with Crippen molar-refractivity contribution in [3.8, 4) is 0 Å². The molecular formula is C22H27N3O3. The van der Waals surface area contributed by atoms with E-state index in [0.29, 0.717) is 30.5 Å². The first-order valence-electron chi connectivity index (χ1n) is 9.99. The highest BCUT2D eigenvalue weighted by Gasteiger charge is 2.37. The van der Waals surface area contributed by atoms with E-state index >= 15 is 0 Å². The van der Waals surface area contributed by atoms with E-state index in [2.05, 4.69) is 23.6 Å². The molecular weight excluding hydrogens is 354 g/mol. The third-order valence-corrected chi connectivity index (χ3v) is 5.59. The average molecular weight is 381 g/mol. The van der Waals surface area contributed by atoms with Crippen molar-refractivity contribution in [3.05, 3.63) is 59.0 Å². The molecule has 2 N–H and O–H groups in total. The molecule has 2 aliphatic carbocycles. The minimum Gasteiger partial charge on any atom is -0.464 e. The van der Waals surface area contributed by atoms with Crippen molar-refractivity contribution in [2.24, 2.45) is 5.92 Å². The Balaban J connectivity index is 1.36. The molecule has 1 aromatic heterocycles. The summed E-state index contributed by atoms with van der Waals surface area (Å²) in [6.45, 7) is 3.11. The lowest BCUT2D eigenvalue weighted by atomic mass is 10.1. The maximum Gasteiger partial charge on any atom is 0.318 e. The Bertz CT molecular complexity index is 871. The molecule has 6 nitrogen and oxygen atoms in total. The second-order valence-electron chi connectivity index (χ2n) is 7.92. The lowest BCUT2D eigenvalue weighted by Gasteiger charge is -2.22. The van der Waals surface area contributed by atoms with Crippen molar-refractivity contribution in [1.29, 1.82) is 0 Å². The second kappa shape index (κ2) is 7.70. The molecule has 0 saturated heterocycles. The summed E-state index contributed by atoms with van der Waals surface area (Å²) >= 11 is 0. The van der Waals surface area contributed by atoms with Gasteiger partial charge in [0.1, 0.15) is 11.5 Å². The molecule has 3 amide bonds. The molecule has 0 bridgehead atoms. The molecule has 0 radical (unpaired) electrons. The Morgan fingerprint density at radius 1 is 1.21 bits per heavy atom. The van der Waals surface area contributed by atoms with Gasteiger partial charge in [0.15, 0.2) is 0 Å². The van der Waals surface area contributed by atoms with Crippen LogP contribution >= 0.6 is 0 Å². The Morgan fingerprint density at radius 3 is 2.68 bits per heavy atom. The molecule has 2 atom stereocenters. The first-order valence-corrected chi connectivity index (χ1v) is 9.99. The highest BCUT2D eigenvalue weighted by Crippen LogP contribution is 2.47. The largest absolute Gasteiger partial charge is 0.464 e. The third kappa shape index (κ3) is 4.21. The number of furan rings is 1. The zero-order valence-electron chi connectivity index (χ0n) is 16.4. The number of urea groups is 1. The van der Waals surface area contributed by atoms with Crippen molar-refractivity contribution < 1.29 is 14.0 Å². The summed E-state index contributed by atoms with van der Waals surface area (Å²) in [5, 5.41) is 5.60. The highest BCUT2D eigenvalue weighted by molar-refractivity contribution is 5.94. The second-order valence-corrected chi connectivity index (χ2v) is 7.92. The minimum absolute atomic E-state index is 0.0920. The number of carbonyl (C=O) groups excluding carboxylic acids is 2. The van der Waals surface area contributed by atoms with E-state index in [1.54, 1.807) is 19.2 Å². The van der Waals surface area contributed by atoms with Crippen LogP contribution in [0.3, 0.4) is 0 Å². The normalized spacial score (nSPS) is 20.5. The number of benzene rings is 1. The monoisotopic (exact) mass is 381 g/mol. The van der Waals surface area contributed by atoms with Gasteiger partial charge in [0.05, 0.1) is 6.54 Å². The Hall–Kier alpha value is -2.76. The van der Waals surface area contributed by atoms with Gasteiger partial charge in [-0.25, -0.2) is 4.79 Å². The van der Waals surface area contributed by atoms with Gasteiger partial charge < -0.3 is 20.0 Å². The van der Waals surface area contributed by atoms with Gasteiger partial charge in [0.2, 0.25) is 0 Å². The van der Waals surface area contributed by atoms with Gasteiger partial charge in [0.25, 0.3) is 5.91 Å². The standard InChI is InChI=1S/C22H27N3O3/c1-14-10-19(14)20-9-8-18(28-20)13-25(17-6-7-17)22(27)24-12-15-4-3-5-16(11-15)21(26)23-2/h3-5,8-9,11,14,17,19H,6-7,10,12-13H2,1-2H3,(H,23,26)(H,24,27). The highest BCUT2D eigenvalue weighted by atomic mass is 16.3. The molecule has 2 unspecified atom stereocenters. The Kier molecular flexibility index (Phi) is 5.11. The predicted molar refractivity (Wildman–Crippen MR) is 106 cm³/mol. The van der Waals surface area contributed by atoms with E-state index in [-0.39, 0.29) is 18.0 Å². The van der Waals surface area contributed by atoms with E-state index in [1.165, 1.54) is 6.42 Å². The fraction of sp³-hybridized carbons (Fsp3) is 0.455. The van der Waals surface area contributed by atoms with Gasteiger partial charge >= 0.3 is 6.03 Å². The van der Waals surface area contributed by atoms with Crippen LogP contribution in [0.5, 0.6) is 0 Å². The number of carbonyl (C=O) groups is 2. The van der Waals surface area contributed by atoms with E-state index in [9.17, 15) is 9.59 Å². The lowest BCUT2D eigenvalue weighted by molar-refractivity contribution is 0.0963. The van der Waals surface area contributed by atoms with Crippen LogP contribution < -0.4 is 10.6 Å². The summed E-state index contributed by atoms with van der Waals surface area (Å²) in [4.78, 5) is 26.4. The van der Waals surface area contributed by atoms with Gasteiger partial charge in [-0.3, -0.25) is 4.79 Å². The summed E-state index contributed by atoms with van der Waals surface area (Å²) in [6.07, 6.45) is 3.26. The Labute approximate surface area is 165 Å². The van der Waals surface area contributed by atoms with Crippen LogP contribution in [-0.4, -0.2) is 29.9 Å². The van der Waals surface area contributed by atoms with Gasteiger partial charge in [-0.2, -0.15) is 0 Å². The van der Waals surface area contributed by atoms with Gasteiger partial charge in [-0.1, -0.05) is 19.1 Å². The molecule has 6 heteroatoms. The van der Waals surface area contributed by atoms with Crippen molar-refractivity contribution in [1.82, 2.24) is 15.5 Å². The zero-order valence-corrected chi connectivity index (χ0v) is 16.4. The maximum absolute atomic E-state index is 12.8. The zero-order chi connectivity index (χ0) is 19.7. The number of nitrogens with one attached hydrogen (secondary N) is 2. The SMILES string of the molecule is CNC(=O)c1cccc(CNC(=O)N(Cc2ccc(C3CC3C)o2)C2CC2)c1. The van der Waals surface area contributed by atoms with Gasteiger partial charge in [-0.05, 0) is 55.0 Å². The molecule has 4 rings (SSSR count). The van der Waals surface area contributed by atoms with Gasteiger partial charge in [0, 0.05) is 31.1 Å².